The molecular weight excluding hydrogens is 196 g/mol. The van der Waals surface area contributed by atoms with Gasteiger partial charge in [-0.1, -0.05) is 5.92 Å². The van der Waals surface area contributed by atoms with Crippen molar-refractivity contribution in [2.45, 2.75) is 13.0 Å². The molecule has 0 saturated heterocycles. The van der Waals surface area contributed by atoms with Crippen LogP contribution in [0.15, 0.2) is 0 Å². The molecule has 0 aliphatic rings. The largest absolute Gasteiger partial charge is 0.440 e. The summed E-state index contributed by atoms with van der Waals surface area (Å²) in [6, 6.07) is 0. The molecule has 0 aliphatic heterocycles. The SMILES string of the molecule is C#CC(C)OC(=O)C#CBr. The summed E-state index contributed by atoms with van der Waals surface area (Å²) in [5.41, 5.74) is 0. The van der Waals surface area contributed by atoms with E-state index in [0.717, 1.165) is 0 Å². The summed E-state index contributed by atoms with van der Waals surface area (Å²) in [7, 11) is 0. The quantitative estimate of drug-likeness (QED) is 0.465. The van der Waals surface area contributed by atoms with Gasteiger partial charge in [0.1, 0.15) is 0 Å². The fourth-order valence-electron chi connectivity index (χ4n) is 0.263. The van der Waals surface area contributed by atoms with Gasteiger partial charge >= 0.3 is 5.97 Å². The van der Waals surface area contributed by atoms with Crippen molar-refractivity contribution in [3.8, 4) is 23.1 Å². The lowest BCUT2D eigenvalue weighted by Crippen LogP contribution is -2.10. The van der Waals surface area contributed by atoms with Crippen LogP contribution in [0, 0.1) is 23.1 Å². The molecule has 2 nitrogen and oxygen atoms in total. The molecule has 0 aliphatic carbocycles. The van der Waals surface area contributed by atoms with E-state index in [1.807, 2.05) is 0 Å². The van der Waals surface area contributed by atoms with Gasteiger partial charge in [-0.05, 0) is 11.8 Å². The Hall–Kier alpha value is -0.930. The first kappa shape index (κ1) is 9.07. The Balaban J connectivity index is 3.79. The smallest absolute Gasteiger partial charge is 0.386 e. The maximum atomic E-state index is 10.5. The van der Waals surface area contributed by atoms with E-state index in [4.69, 9.17) is 6.42 Å². The molecule has 0 bridgehead atoms. The van der Waals surface area contributed by atoms with Crippen molar-refractivity contribution in [2.24, 2.45) is 0 Å². The van der Waals surface area contributed by atoms with E-state index >= 15 is 0 Å². The number of carbonyl (C=O) groups excluding carboxylic acids is 1. The highest BCUT2D eigenvalue weighted by molar-refractivity contribution is 9.12. The average molecular weight is 201 g/mol. The third kappa shape index (κ3) is 4.00. The van der Waals surface area contributed by atoms with E-state index in [1.54, 1.807) is 6.92 Å². The maximum absolute atomic E-state index is 10.5. The van der Waals surface area contributed by atoms with Crippen LogP contribution in [0.2, 0.25) is 0 Å². The molecule has 0 heterocycles. The molecule has 0 aromatic carbocycles. The highest BCUT2D eigenvalue weighted by atomic mass is 79.9. The minimum absolute atomic E-state index is 0.513. The normalized spacial score (nSPS) is 10.1. The second kappa shape index (κ2) is 4.90. The van der Waals surface area contributed by atoms with Crippen LogP contribution in [0.25, 0.3) is 0 Å². The van der Waals surface area contributed by atoms with Gasteiger partial charge in [-0.25, -0.2) is 4.79 Å². The number of hydrogen-bond donors (Lipinski definition) is 0. The molecule has 0 saturated carbocycles. The summed E-state index contributed by atoms with van der Waals surface area (Å²) < 4.78 is 4.56. The lowest BCUT2D eigenvalue weighted by molar-refractivity contribution is -0.138. The lowest BCUT2D eigenvalue weighted by Gasteiger charge is -2.00. The van der Waals surface area contributed by atoms with Gasteiger partial charge in [-0.3, -0.25) is 0 Å². The fraction of sp³-hybridized carbons (Fsp3) is 0.286. The first-order chi connectivity index (χ1) is 4.70. The summed E-state index contributed by atoms with van der Waals surface area (Å²) in [6.45, 7) is 1.59. The van der Waals surface area contributed by atoms with Crippen LogP contribution in [0.3, 0.4) is 0 Å². The molecule has 0 rings (SSSR count). The van der Waals surface area contributed by atoms with Gasteiger partial charge in [0.2, 0.25) is 0 Å². The number of terminal acetylenes is 1. The molecule has 1 atom stereocenters. The van der Waals surface area contributed by atoms with Crippen LogP contribution >= 0.6 is 15.9 Å². The number of esters is 1. The maximum Gasteiger partial charge on any atom is 0.386 e. The Kier molecular flexibility index (Phi) is 4.45. The van der Waals surface area contributed by atoms with Crippen molar-refractivity contribution in [3.63, 3.8) is 0 Å². The number of carbonyl (C=O) groups is 1. The van der Waals surface area contributed by atoms with Gasteiger partial charge in [0.05, 0.1) is 0 Å². The van der Waals surface area contributed by atoms with Crippen LogP contribution in [-0.4, -0.2) is 12.1 Å². The molecule has 0 amide bonds. The summed E-state index contributed by atoms with van der Waals surface area (Å²) in [5, 5.41) is 0. The first-order valence-electron chi connectivity index (χ1n) is 2.49. The number of halogens is 1. The Morgan fingerprint density at radius 1 is 1.80 bits per heavy atom. The van der Waals surface area contributed by atoms with E-state index in [9.17, 15) is 4.79 Å². The number of ether oxygens (including phenoxy) is 1. The van der Waals surface area contributed by atoms with Crippen LogP contribution in [0.1, 0.15) is 6.92 Å². The summed E-state index contributed by atoms with van der Waals surface area (Å²) >= 11 is 2.75. The van der Waals surface area contributed by atoms with Crippen molar-refractivity contribution >= 4 is 21.9 Å². The van der Waals surface area contributed by atoms with Crippen LogP contribution in [0.4, 0.5) is 0 Å². The van der Waals surface area contributed by atoms with Crippen molar-refractivity contribution < 1.29 is 9.53 Å². The summed E-state index contributed by atoms with van der Waals surface area (Å²) in [4.78, 5) is 12.7. The topological polar surface area (TPSA) is 26.3 Å². The minimum atomic E-state index is -0.623. The Morgan fingerprint density at radius 2 is 2.40 bits per heavy atom. The van der Waals surface area contributed by atoms with Gasteiger partial charge < -0.3 is 4.74 Å². The molecule has 0 spiro atoms. The zero-order valence-electron chi connectivity index (χ0n) is 5.35. The van der Waals surface area contributed by atoms with Gasteiger partial charge in [-0.15, -0.1) is 6.42 Å². The van der Waals surface area contributed by atoms with E-state index in [2.05, 4.69) is 37.3 Å². The predicted molar refractivity (Wildman–Crippen MR) is 41.1 cm³/mol. The monoisotopic (exact) mass is 200 g/mol. The zero-order valence-corrected chi connectivity index (χ0v) is 6.94. The molecule has 10 heavy (non-hydrogen) atoms. The Bertz CT molecular complexity index is 216. The van der Waals surface area contributed by atoms with Gasteiger partial charge in [-0.2, -0.15) is 0 Å². The number of rotatable bonds is 1. The standard InChI is InChI=1S/C7H5BrO2/c1-3-6(2)10-7(9)4-5-8/h1,6H,2H3. The van der Waals surface area contributed by atoms with Crippen molar-refractivity contribution in [2.75, 3.05) is 0 Å². The van der Waals surface area contributed by atoms with Crippen LogP contribution in [0.5, 0.6) is 0 Å². The third-order valence-corrected chi connectivity index (χ3v) is 0.866. The van der Waals surface area contributed by atoms with E-state index in [0.29, 0.717) is 0 Å². The van der Waals surface area contributed by atoms with E-state index < -0.39 is 12.1 Å². The molecule has 0 aromatic rings. The molecule has 0 radical (unpaired) electrons. The Labute approximate surface area is 68.1 Å². The average Bonchev–Trinajstić information content (AvgIpc) is 1.88. The van der Waals surface area contributed by atoms with Gasteiger partial charge in [0.25, 0.3) is 0 Å². The highest BCUT2D eigenvalue weighted by Crippen LogP contribution is 1.87. The molecule has 0 aromatic heterocycles. The summed E-state index contributed by atoms with van der Waals surface area (Å²) in [6.07, 6.45) is 4.42. The second-order valence-electron chi connectivity index (χ2n) is 1.43. The van der Waals surface area contributed by atoms with Crippen LogP contribution < -0.4 is 0 Å². The highest BCUT2D eigenvalue weighted by Gasteiger charge is 2.00. The second-order valence-corrected chi connectivity index (χ2v) is 1.83. The van der Waals surface area contributed by atoms with Crippen molar-refractivity contribution in [1.82, 2.24) is 0 Å². The minimum Gasteiger partial charge on any atom is -0.440 e. The molecule has 1 unspecified atom stereocenters. The number of hydrogen-bond acceptors (Lipinski definition) is 2. The van der Waals surface area contributed by atoms with E-state index in [1.165, 1.54) is 0 Å². The molecule has 52 valence electrons. The van der Waals surface area contributed by atoms with Crippen molar-refractivity contribution in [3.05, 3.63) is 0 Å². The first-order valence-corrected chi connectivity index (χ1v) is 3.28. The third-order valence-electron chi connectivity index (χ3n) is 0.668. The molecule has 0 fully saturated rings. The Morgan fingerprint density at radius 3 is 2.80 bits per heavy atom. The van der Waals surface area contributed by atoms with Gasteiger partial charge in [0.15, 0.2) is 6.10 Å². The van der Waals surface area contributed by atoms with Crippen molar-refractivity contribution in [1.29, 1.82) is 0 Å². The predicted octanol–water partition coefficient (Wildman–Crippen LogP) is 0.907. The lowest BCUT2D eigenvalue weighted by atomic mass is 10.4. The molecule has 3 heteroatoms. The van der Waals surface area contributed by atoms with Crippen LogP contribution in [-0.2, 0) is 9.53 Å². The molecule has 0 N–H and O–H groups in total. The van der Waals surface area contributed by atoms with E-state index in [-0.39, 0.29) is 0 Å². The zero-order chi connectivity index (χ0) is 7.98. The van der Waals surface area contributed by atoms with Gasteiger partial charge in [0, 0.05) is 21.9 Å². The summed E-state index contributed by atoms with van der Waals surface area (Å²) in [5.74, 6) is 3.73. The molecular formula is C7H5BrO2. The fourth-order valence-corrected chi connectivity index (χ4v) is 0.424.